The Labute approximate surface area is 268 Å². The summed E-state index contributed by atoms with van der Waals surface area (Å²) in [5, 5.41) is 24.0. The lowest BCUT2D eigenvalue weighted by molar-refractivity contribution is -0.201. The van der Waals surface area contributed by atoms with Crippen molar-refractivity contribution in [1.82, 2.24) is 9.80 Å². The number of rotatable bonds is 7. The van der Waals surface area contributed by atoms with Crippen molar-refractivity contribution in [2.45, 2.75) is 106 Å². The highest BCUT2D eigenvalue weighted by Crippen LogP contribution is 2.66. The van der Waals surface area contributed by atoms with Crippen LogP contribution < -0.4 is 4.74 Å². The molecule has 3 saturated carbocycles. The zero-order chi connectivity index (χ0) is 31.8. The van der Waals surface area contributed by atoms with Crippen LogP contribution in [0, 0.1) is 11.8 Å². The molecule has 1 spiro atoms. The van der Waals surface area contributed by atoms with Crippen LogP contribution in [0.25, 0.3) is 6.08 Å². The van der Waals surface area contributed by atoms with Crippen LogP contribution in [0.5, 0.6) is 11.5 Å². The molecule has 5 atom stereocenters. The number of likely N-dealkylation sites (tertiary alicyclic amines) is 1. The summed E-state index contributed by atoms with van der Waals surface area (Å²) in [6.07, 6.45) is 8.28. The number of ether oxygens (including phenoxy) is 1. The Morgan fingerprint density at radius 2 is 1.85 bits per heavy atom. The van der Waals surface area contributed by atoms with E-state index < -0.39 is 28.9 Å². The lowest BCUT2D eigenvalue weighted by atomic mass is 9.48. The second-order valence-electron chi connectivity index (χ2n) is 14.8. The van der Waals surface area contributed by atoms with E-state index >= 15 is 0 Å². The molecule has 1 saturated heterocycles. The molecule has 0 unspecified atom stereocenters. The fourth-order valence-corrected chi connectivity index (χ4v) is 9.89. The number of aromatic hydroxyl groups is 1. The van der Waals surface area contributed by atoms with Crippen LogP contribution >= 0.6 is 0 Å². The van der Waals surface area contributed by atoms with Gasteiger partial charge in [-0.3, -0.25) is 9.69 Å². The minimum atomic E-state index is -4.47. The van der Waals surface area contributed by atoms with Crippen molar-refractivity contribution in [3.05, 3.63) is 64.7 Å². The van der Waals surface area contributed by atoms with E-state index in [-0.39, 0.29) is 23.7 Å². The van der Waals surface area contributed by atoms with Crippen molar-refractivity contribution in [2.75, 3.05) is 19.6 Å². The first-order chi connectivity index (χ1) is 22.1. The third-order valence-corrected chi connectivity index (χ3v) is 12.2. The van der Waals surface area contributed by atoms with Crippen molar-refractivity contribution >= 4 is 12.0 Å². The predicted octanol–water partition coefficient (Wildman–Crippen LogP) is 6.47. The first-order valence-electron chi connectivity index (χ1n) is 17.2. The number of phenolic OH excluding ortho intramolecular Hbond substituents is 1. The van der Waals surface area contributed by atoms with E-state index in [1.54, 1.807) is 12.1 Å². The molecular formula is C37H43F3N2O4. The standard InChI is InChI=1S/C37H43F3N2O4/c38-37(39,40)27-8-4-7-23(19-27)11-14-31(44)42(22-24-5-2-1-3-6-24)28-15-16-36(45)30-20-26-12-13-29(43)33-32(26)35(36,34(28)46-33)17-18-41(30)21-25-9-10-25/h4,7-8,11-14,19,24-25,28,30,34,43,45H,1-3,5-6,9-10,15-18,20-22H2/t28-,30+,34-,35-,36+/m0/s1. The van der Waals surface area contributed by atoms with Gasteiger partial charge in [0.2, 0.25) is 5.91 Å². The summed E-state index contributed by atoms with van der Waals surface area (Å²) in [4.78, 5) is 18.6. The molecule has 246 valence electrons. The predicted molar refractivity (Wildman–Crippen MR) is 167 cm³/mol. The smallest absolute Gasteiger partial charge is 0.416 e. The fraction of sp³-hybridized carbons (Fsp3) is 0.595. The van der Waals surface area contributed by atoms with Gasteiger partial charge >= 0.3 is 6.18 Å². The first-order valence-corrected chi connectivity index (χ1v) is 17.2. The van der Waals surface area contributed by atoms with Crippen LogP contribution in [0.3, 0.4) is 0 Å². The van der Waals surface area contributed by atoms with E-state index in [1.807, 2.05) is 11.0 Å². The minimum absolute atomic E-state index is 0.0554. The maximum absolute atomic E-state index is 14.2. The number of phenols is 1. The highest BCUT2D eigenvalue weighted by atomic mass is 19.4. The summed E-state index contributed by atoms with van der Waals surface area (Å²) in [5.41, 5.74) is -0.203. The van der Waals surface area contributed by atoms with E-state index in [2.05, 4.69) is 4.90 Å². The molecule has 2 aromatic carbocycles. The SMILES string of the molecule is O=C(C=Cc1cccc(C(F)(F)F)c1)N(CC1CCCCC1)[C@H]1CC[C@@]2(O)[C@H]3Cc4ccc(O)c5c4[C@@]2(CCN3CC2CC2)[C@H]1O5. The summed E-state index contributed by atoms with van der Waals surface area (Å²) in [7, 11) is 0. The number of benzene rings is 2. The molecule has 2 N–H and O–H groups in total. The lowest BCUT2D eigenvalue weighted by Gasteiger charge is -2.65. The third kappa shape index (κ3) is 4.78. The van der Waals surface area contributed by atoms with Gasteiger partial charge in [-0.25, -0.2) is 0 Å². The Kier molecular flexibility index (Phi) is 7.25. The molecule has 9 heteroatoms. The highest BCUT2D eigenvalue weighted by molar-refractivity contribution is 5.92. The minimum Gasteiger partial charge on any atom is -0.504 e. The molecule has 46 heavy (non-hydrogen) atoms. The molecule has 4 aliphatic carbocycles. The maximum Gasteiger partial charge on any atom is 0.416 e. The second-order valence-corrected chi connectivity index (χ2v) is 14.8. The summed E-state index contributed by atoms with van der Waals surface area (Å²) < 4.78 is 47.0. The van der Waals surface area contributed by atoms with Crippen molar-refractivity contribution < 1.29 is 32.9 Å². The Hall–Kier alpha value is -3.04. The number of alkyl halides is 3. The van der Waals surface area contributed by atoms with Gasteiger partial charge in [0.15, 0.2) is 11.5 Å². The topological polar surface area (TPSA) is 73.2 Å². The van der Waals surface area contributed by atoms with Gasteiger partial charge in [0.05, 0.1) is 22.6 Å². The quantitative estimate of drug-likeness (QED) is 0.341. The van der Waals surface area contributed by atoms with Gasteiger partial charge in [-0.05, 0) is 105 Å². The average molecular weight is 637 g/mol. The summed E-state index contributed by atoms with van der Waals surface area (Å²) in [6.45, 7) is 2.36. The number of hydrogen-bond acceptors (Lipinski definition) is 5. The lowest BCUT2D eigenvalue weighted by Crippen LogP contribution is -2.78. The molecule has 0 radical (unpaired) electrons. The van der Waals surface area contributed by atoms with E-state index in [0.29, 0.717) is 55.4 Å². The average Bonchev–Trinajstić information content (AvgIpc) is 3.79. The van der Waals surface area contributed by atoms with Gasteiger partial charge in [0.1, 0.15) is 6.10 Å². The van der Waals surface area contributed by atoms with Crippen molar-refractivity contribution in [1.29, 1.82) is 0 Å². The highest BCUT2D eigenvalue weighted by Gasteiger charge is 2.73. The van der Waals surface area contributed by atoms with Gasteiger partial charge in [0, 0.05) is 30.8 Å². The number of halogens is 3. The van der Waals surface area contributed by atoms with Crippen LogP contribution in [0.15, 0.2) is 42.5 Å². The van der Waals surface area contributed by atoms with Gasteiger partial charge < -0.3 is 19.8 Å². The molecule has 2 bridgehead atoms. The van der Waals surface area contributed by atoms with Crippen molar-refractivity contribution in [2.24, 2.45) is 11.8 Å². The van der Waals surface area contributed by atoms with Crippen LogP contribution in [-0.4, -0.2) is 69.3 Å². The van der Waals surface area contributed by atoms with Crippen LogP contribution in [-0.2, 0) is 22.8 Å². The monoisotopic (exact) mass is 636 g/mol. The molecular weight excluding hydrogens is 593 g/mol. The van der Waals surface area contributed by atoms with E-state index in [0.717, 1.165) is 62.0 Å². The van der Waals surface area contributed by atoms with E-state index in [9.17, 15) is 28.2 Å². The summed E-state index contributed by atoms with van der Waals surface area (Å²) >= 11 is 0. The van der Waals surface area contributed by atoms with Gasteiger partial charge in [-0.15, -0.1) is 0 Å². The Bertz CT molecular complexity index is 1550. The number of carbonyl (C=O) groups is 1. The normalized spacial score (nSPS) is 32.3. The van der Waals surface area contributed by atoms with E-state index in [1.165, 1.54) is 37.5 Å². The Balaban J connectivity index is 1.16. The summed E-state index contributed by atoms with van der Waals surface area (Å²) in [5.74, 6) is 1.28. The molecule has 0 aromatic heterocycles. The number of amides is 1. The number of carbonyl (C=O) groups excluding carboxylic acids is 1. The van der Waals surface area contributed by atoms with Gasteiger partial charge in [-0.2, -0.15) is 13.2 Å². The van der Waals surface area contributed by atoms with Gasteiger partial charge in [-0.1, -0.05) is 37.5 Å². The largest absolute Gasteiger partial charge is 0.504 e. The van der Waals surface area contributed by atoms with E-state index in [4.69, 9.17) is 4.74 Å². The molecule has 2 aromatic rings. The first kappa shape index (κ1) is 30.3. The zero-order valence-corrected chi connectivity index (χ0v) is 26.1. The van der Waals surface area contributed by atoms with Crippen LogP contribution in [0.2, 0.25) is 0 Å². The molecule has 2 heterocycles. The van der Waals surface area contributed by atoms with Crippen LogP contribution in [0.4, 0.5) is 13.2 Å². The second kappa shape index (κ2) is 11.0. The fourth-order valence-electron chi connectivity index (χ4n) is 9.89. The zero-order valence-electron chi connectivity index (χ0n) is 26.1. The molecule has 6 nitrogen and oxygen atoms in total. The number of piperidine rings is 1. The van der Waals surface area contributed by atoms with Crippen molar-refractivity contribution in [3.63, 3.8) is 0 Å². The van der Waals surface area contributed by atoms with Gasteiger partial charge in [0.25, 0.3) is 0 Å². The number of hydrogen-bond donors (Lipinski definition) is 2. The number of aliphatic hydroxyl groups is 1. The molecule has 4 fully saturated rings. The third-order valence-electron chi connectivity index (χ3n) is 12.2. The molecule has 6 aliphatic rings. The molecule has 8 rings (SSSR count). The van der Waals surface area contributed by atoms with Crippen molar-refractivity contribution in [3.8, 4) is 11.5 Å². The Morgan fingerprint density at radius 1 is 1.04 bits per heavy atom. The molecule has 1 amide bonds. The van der Waals surface area contributed by atoms with Crippen LogP contribution in [0.1, 0.15) is 86.5 Å². The Morgan fingerprint density at radius 3 is 2.61 bits per heavy atom. The summed E-state index contributed by atoms with van der Waals surface area (Å²) in [6, 6.07) is 8.30. The molecule has 2 aliphatic heterocycles. The number of nitrogens with zero attached hydrogens (tertiary/aromatic N) is 2. The maximum atomic E-state index is 14.2.